The number of carboxylic acid groups (broad SMARTS) is 1. The predicted molar refractivity (Wildman–Crippen MR) is 279 cm³/mol. The number of aliphatic hydroxyl groups is 1. The smallest absolute Gasteiger partial charge is 0.326 e. The Balaban J connectivity index is 1.58. The summed E-state index contributed by atoms with van der Waals surface area (Å²) in [6.07, 6.45) is 1.55. The van der Waals surface area contributed by atoms with E-state index in [1.165, 1.54) is 68.0 Å². The van der Waals surface area contributed by atoms with Crippen LogP contribution in [0.5, 0.6) is 11.5 Å². The van der Waals surface area contributed by atoms with Gasteiger partial charge in [0.15, 0.2) is 0 Å². The van der Waals surface area contributed by atoms with Gasteiger partial charge in [-0.3, -0.25) is 38.4 Å². The maximum absolute atomic E-state index is 14.4. The Morgan fingerprint density at radius 3 is 1.51 bits per heavy atom. The molecule has 4 aromatic rings. The lowest BCUT2D eigenvalue weighted by Gasteiger charge is -2.28. The minimum absolute atomic E-state index is 0.0526. The molecule has 0 aliphatic carbocycles. The first-order valence-corrected chi connectivity index (χ1v) is 24.9. The molecule has 8 amide bonds. The van der Waals surface area contributed by atoms with Crippen LogP contribution in [0.3, 0.4) is 0 Å². The number of rotatable bonds is 31. The van der Waals surface area contributed by atoms with Crippen molar-refractivity contribution in [3.05, 3.63) is 114 Å². The number of carbonyl (C=O) groups excluding carboxylic acids is 8. The van der Waals surface area contributed by atoms with E-state index < -0.39 is 121 Å². The van der Waals surface area contributed by atoms with Crippen LogP contribution >= 0.6 is 0 Å². The van der Waals surface area contributed by atoms with Crippen LogP contribution in [-0.2, 0) is 68.8 Å². The van der Waals surface area contributed by atoms with Crippen LogP contribution in [0, 0.1) is 5.92 Å². The van der Waals surface area contributed by atoms with Gasteiger partial charge >= 0.3 is 5.97 Å². The van der Waals surface area contributed by atoms with Gasteiger partial charge in [-0.15, -0.1) is 0 Å². The molecule has 1 heterocycles. The molecule has 416 valence electrons. The summed E-state index contributed by atoms with van der Waals surface area (Å²) in [5, 5.41) is 60.8. The number of carboxylic acids is 1. The summed E-state index contributed by atoms with van der Waals surface area (Å²) >= 11 is 0. The second-order valence-corrected chi connectivity index (χ2v) is 18.6. The number of benzene rings is 3. The number of imidazole rings is 1. The highest BCUT2D eigenvalue weighted by atomic mass is 16.4. The van der Waals surface area contributed by atoms with Crippen LogP contribution < -0.4 is 54.0 Å². The first-order chi connectivity index (χ1) is 36.7. The van der Waals surface area contributed by atoms with Gasteiger partial charge < -0.3 is 79.4 Å². The first-order valence-electron chi connectivity index (χ1n) is 24.9. The molecule has 17 N–H and O–H groups in total. The molecule has 0 spiro atoms. The highest BCUT2D eigenvalue weighted by Gasteiger charge is 2.36. The number of phenols is 2. The van der Waals surface area contributed by atoms with Gasteiger partial charge in [-0.05, 0) is 79.6 Å². The number of nitrogens with zero attached hydrogens (tertiary/aromatic N) is 1. The maximum Gasteiger partial charge on any atom is 0.326 e. The van der Waals surface area contributed by atoms with Crippen molar-refractivity contribution in [2.45, 2.75) is 114 Å². The quantitative estimate of drug-likeness (QED) is 0.0238. The summed E-state index contributed by atoms with van der Waals surface area (Å²) in [6, 6.07) is 10.0. The van der Waals surface area contributed by atoms with E-state index in [0.717, 1.165) is 0 Å². The number of H-pyrrole nitrogens is 1. The lowest BCUT2D eigenvalue weighted by atomic mass is 10.0. The molecule has 0 bridgehead atoms. The number of aliphatic hydroxyl groups excluding tert-OH is 1. The number of nitrogens with one attached hydrogen (secondary N) is 9. The summed E-state index contributed by atoms with van der Waals surface area (Å²) in [7, 11) is 0. The molecule has 77 heavy (non-hydrogen) atoms. The molecule has 8 atom stereocenters. The molecule has 0 unspecified atom stereocenters. The monoisotopic (exact) mass is 1070 g/mol. The maximum atomic E-state index is 14.4. The predicted octanol–water partition coefficient (Wildman–Crippen LogP) is -2.19. The molecule has 0 saturated heterocycles. The second-order valence-electron chi connectivity index (χ2n) is 18.6. The minimum atomic E-state index is -1.77. The Labute approximate surface area is 444 Å². The zero-order chi connectivity index (χ0) is 56.6. The number of carbonyl (C=O) groups is 9. The summed E-state index contributed by atoms with van der Waals surface area (Å²) < 4.78 is 0. The van der Waals surface area contributed by atoms with E-state index in [1.807, 2.05) is 0 Å². The van der Waals surface area contributed by atoms with E-state index in [0.29, 0.717) is 41.8 Å². The Morgan fingerprint density at radius 2 is 1.01 bits per heavy atom. The van der Waals surface area contributed by atoms with E-state index in [-0.39, 0.29) is 43.6 Å². The summed E-state index contributed by atoms with van der Waals surface area (Å²) in [5.41, 5.74) is 13.0. The Morgan fingerprint density at radius 1 is 0.545 bits per heavy atom. The standard InChI is InChI=1S/C52H70N12O13/c1-29(2)44(52(76)77)63-50(74)41(24-34-26-55-28-57-34)62-51(75)45(30(3)65)64-49(73)40(23-33-14-18-36(67)19-15-33)61-48(72)39(21-31-9-5-4-6-10-31)59-43(69)27-56-46(70)38(22-32-12-16-35(66)17-13-32)60-47(71)37(11-7-8-20-53)58-42(68)25-54/h4-6,9-10,12-19,26,28-30,37-41,44-45,65-67H,7-8,11,20-25,27,53-54H2,1-3H3,(H,55,57)(H,56,70)(H,58,68)(H,59,69)(H,60,71)(H,61,72)(H,62,75)(H,63,74)(H,64,73)(H,76,77)/t30-,37+,38+,39+,40+,41+,44+,45+/m1/s1. The molecule has 0 aliphatic rings. The van der Waals surface area contributed by atoms with Gasteiger partial charge in [0.05, 0.1) is 25.5 Å². The highest BCUT2D eigenvalue weighted by molar-refractivity contribution is 5.97. The van der Waals surface area contributed by atoms with E-state index in [4.69, 9.17) is 11.5 Å². The number of aliphatic carboxylic acids is 1. The number of aromatic amines is 1. The molecule has 1 aromatic heterocycles. The van der Waals surface area contributed by atoms with E-state index in [9.17, 15) is 63.6 Å². The largest absolute Gasteiger partial charge is 0.508 e. The fourth-order valence-electron chi connectivity index (χ4n) is 7.82. The normalized spacial score (nSPS) is 14.2. The van der Waals surface area contributed by atoms with Gasteiger partial charge in [-0.25, -0.2) is 9.78 Å². The average molecular weight is 1070 g/mol. The number of hydrogen-bond donors (Lipinski definition) is 15. The lowest BCUT2D eigenvalue weighted by Crippen LogP contribution is -2.62. The van der Waals surface area contributed by atoms with Crippen molar-refractivity contribution < 1.29 is 63.6 Å². The van der Waals surface area contributed by atoms with Crippen molar-refractivity contribution >= 4 is 53.2 Å². The number of phenolic OH excluding ortho intramolecular Hbond substituents is 2. The topological polar surface area (TPSA) is 412 Å². The number of unbranched alkanes of at least 4 members (excludes halogenated alkanes) is 1. The molecule has 4 rings (SSSR count). The molecule has 25 heteroatoms. The molecular weight excluding hydrogens is 1000 g/mol. The lowest BCUT2D eigenvalue weighted by molar-refractivity contribution is -0.143. The van der Waals surface area contributed by atoms with Gasteiger partial charge in [0.25, 0.3) is 0 Å². The average Bonchev–Trinajstić information content (AvgIpc) is 3.92. The van der Waals surface area contributed by atoms with Crippen molar-refractivity contribution in [3.63, 3.8) is 0 Å². The molecule has 3 aromatic carbocycles. The molecule has 0 saturated carbocycles. The van der Waals surface area contributed by atoms with Gasteiger partial charge in [-0.2, -0.15) is 0 Å². The van der Waals surface area contributed by atoms with Gasteiger partial charge in [0.1, 0.15) is 53.8 Å². The van der Waals surface area contributed by atoms with Crippen molar-refractivity contribution in [1.29, 1.82) is 0 Å². The zero-order valence-corrected chi connectivity index (χ0v) is 43.0. The first kappa shape index (κ1) is 61.1. The van der Waals surface area contributed by atoms with Crippen LogP contribution in [0.25, 0.3) is 0 Å². The zero-order valence-electron chi connectivity index (χ0n) is 43.0. The summed E-state index contributed by atoms with van der Waals surface area (Å²) in [4.78, 5) is 129. The van der Waals surface area contributed by atoms with Crippen LogP contribution in [0.15, 0.2) is 91.4 Å². The number of aromatic nitrogens is 2. The van der Waals surface area contributed by atoms with Gasteiger partial charge in [-0.1, -0.05) is 68.4 Å². The fraction of sp³-hybridized carbons (Fsp3) is 0.423. The van der Waals surface area contributed by atoms with E-state index >= 15 is 0 Å². The van der Waals surface area contributed by atoms with Crippen LogP contribution in [0.1, 0.15) is 62.4 Å². The number of amides is 8. The fourth-order valence-corrected chi connectivity index (χ4v) is 7.82. The molecule has 25 nitrogen and oxygen atoms in total. The number of nitrogens with two attached hydrogens (primary N) is 2. The highest BCUT2D eigenvalue weighted by Crippen LogP contribution is 2.15. The Bertz CT molecular complexity index is 2580. The molecule has 0 radical (unpaired) electrons. The van der Waals surface area contributed by atoms with Crippen LogP contribution in [0.4, 0.5) is 0 Å². The minimum Gasteiger partial charge on any atom is -0.508 e. The third-order valence-electron chi connectivity index (χ3n) is 12.1. The van der Waals surface area contributed by atoms with Crippen molar-refractivity contribution in [2.24, 2.45) is 17.4 Å². The van der Waals surface area contributed by atoms with Gasteiger partial charge in [0, 0.05) is 37.6 Å². The summed E-state index contributed by atoms with van der Waals surface area (Å²) in [6.45, 7) is 3.56. The van der Waals surface area contributed by atoms with Crippen molar-refractivity contribution in [2.75, 3.05) is 19.6 Å². The third kappa shape index (κ3) is 20.7. The summed E-state index contributed by atoms with van der Waals surface area (Å²) in [5.74, 6) is -8.91. The number of hydrogen-bond acceptors (Lipinski definition) is 15. The number of aromatic hydroxyl groups is 2. The molecule has 0 aliphatic heterocycles. The molecule has 0 fully saturated rings. The Hall–Kier alpha value is -8.42. The van der Waals surface area contributed by atoms with E-state index in [1.54, 1.807) is 44.2 Å². The second kappa shape index (κ2) is 30.8. The third-order valence-corrected chi connectivity index (χ3v) is 12.1. The SMILES string of the molecule is CC(C)[C@H](NC(=O)[C@H](Cc1cnc[nH]1)NC(=O)[C@@H](NC(=O)[C@H](Cc1ccc(O)cc1)NC(=O)[C@H](Cc1ccccc1)NC(=O)CNC(=O)[C@H](Cc1ccc(O)cc1)NC(=O)[C@H](CCCCN)NC(=O)CN)[C@@H](C)O)C(=O)O. The van der Waals surface area contributed by atoms with E-state index in [2.05, 4.69) is 52.5 Å². The van der Waals surface area contributed by atoms with Gasteiger partial charge in [0.2, 0.25) is 47.3 Å². The van der Waals surface area contributed by atoms with Crippen LogP contribution in [0.2, 0.25) is 0 Å². The molecular formula is C52H70N12O13. The van der Waals surface area contributed by atoms with Crippen molar-refractivity contribution in [3.8, 4) is 11.5 Å². The Kier molecular flexibility index (Phi) is 24.5. The van der Waals surface area contributed by atoms with Crippen molar-refractivity contribution in [1.82, 2.24) is 52.5 Å². The van der Waals surface area contributed by atoms with Crippen LogP contribution in [-0.4, -0.2) is 152 Å².